The van der Waals surface area contributed by atoms with Crippen LogP contribution >= 0.6 is 0 Å². The van der Waals surface area contributed by atoms with Gasteiger partial charge < -0.3 is 0 Å². The lowest BCUT2D eigenvalue weighted by atomic mass is 9.86. The van der Waals surface area contributed by atoms with Crippen LogP contribution in [0.4, 0.5) is 13.2 Å². The van der Waals surface area contributed by atoms with E-state index in [1.165, 1.54) is 45.2 Å². The van der Waals surface area contributed by atoms with E-state index in [9.17, 15) is 13.2 Å². The van der Waals surface area contributed by atoms with E-state index >= 15 is 0 Å². The van der Waals surface area contributed by atoms with Crippen molar-refractivity contribution in [3.63, 3.8) is 0 Å². The Hall–Kier alpha value is -3.40. The lowest BCUT2D eigenvalue weighted by Crippen LogP contribution is -2.22. The molecule has 0 fully saturated rings. The summed E-state index contributed by atoms with van der Waals surface area (Å²) in [7, 11) is 0. The highest BCUT2D eigenvalue weighted by atomic mass is 19.4. The second kappa shape index (κ2) is 9.09. The van der Waals surface area contributed by atoms with Gasteiger partial charge in [0.15, 0.2) is 0 Å². The van der Waals surface area contributed by atoms with Gasteiger partial charge in [-0.2, -0.15) is 13.2 Å². The molecule has 1 aliphatic heterocycles. The average Bonchev–Trinajstić information content (AvgIpc) is 3.09. The molecule has 0 spiro atoms. The molecule has 0 bridgehead atoms. The summed E-state index contributed by atoms with van der Waals surface area (Å²) in [5, 5.41) is 4.07. The van der Waals surface area contributed by atoms with Gasteiger partial charge in [0.25, 0.3) is 0 Å². The first kappa shape index (κ1) is 22.4. The van der Waals surface area contributed by atoms with Crippen LogP contribution in [0.3, 0.4) is 0 Å². The van der Waals surface area contributed by atoms with Crippen molar-refractivity contribution in [2.24, 2.45) is 4.99 Å². The van der Waals surface area contributed by atoms with E-state index in [4.69, 9.17) is 0 Å². The van der Waals surface area contributed by atoms with Gasteiger partial charge in [-0.25, -0.2) is 0 Å². The van der Waals surface area contributed by atoms with E-state index < -0.39 is 11.7 Å². The average molecular weight is 458 g/mol. The Morgan fingerprint density at radius 2 is 1.62 bits per heavy atom. The molecule has 1 nitrogen and oxygen atoms in total. The van der Waals surface area contributed by atoms with Gasteiger partial charge in [0, 0.05) is 18.8 Å². The monoisotopic (exact) mass is 457 g/mol. The third kappa shape index (κ3) is 4.37. The molecule has 3 aromatic rings. The second-order valence-electron chi connectivity index (χ2n) is 9.01. The number of alkyl halides is 3. The molecule has 0 atom stereocenters. The van der Waals surface area contributed by atoms with Crippen LogP contribution in [0.25, 0.3) is 17.7 Å². The van der Waals surface area contributed by atoms with E-state index in [1.54, 1.807) is 6.07 Å². The Bertz CT molecular complexity index is 1520. The third-order valence-corrected chi connectivity index (χ3v) is 6.88. The number of hydrogen-bond donors (Lipinski definition) is 0. The molecule has 0 N–H and O–H groups in total. The van der Waals surface area contributed by atoms with Crippen molar-refractivity contribution < 1.29 is 13.2 Å². The number of rotatable bonds is 0. The number of hydrogen-bond acceptors (Lipinski definition) is 1. The van der Waals surface area contributed by atoms with Crippen molar-refractivity contribution in [3.05, 3.63) is 109 Å². The van der Waals surface area contributed by atoms with Gasteiger partial charge in [-0.05, 0) is 93.9 Å². The lowest BCUT2D eigenvalue weighted by Gasteiger charge is -2.19. The molecule has 0 saturated heterocycles. The van der Waals surface area contributed by atoms with E-state index in [2.05, 4.69) is 48.3 Å². The standard InChI is InChI=1S/C20H17F3.C10H9N/c1-12-3-2-4-17-15(12)9-10-18-16-8-6-14(20(21,22)23)11-13(16)5-7-19(17)18;1-2-4-10-6-8-11-7-5-9(10)3-1/h5-6,8-11H,2-4,7H2,1H3;1-5,7-8H,6H2. The summed E-state index contributed by atoms with van der Waals surface area (Å²) in [6, 6.07) is 16.7. The Kier molecular flexibility index (Phi) is 5.99. The number of nitrogens with zero attached hydrogens (tertiary/aromatic N) is 1. The van der Waals surface area contributed by atoms with Gasteiger partial charge in [-0.1, -0.05) is 54.1 Å². The molecule has 0 unspecified atom stereocenters. The highest BCUT2D eigenvalue weighted by Crippen LogP contribution is 2.28. The van der Waals surface area contributed by atoms with Gasteiger partial charge in [-0.15, -0.1) is 0 Å². The van der Waals surface area contributed by atoms with Crippen molar-refractivity contribution in [1.82, 2.24) is 0 Å². The quantitative estimate of drug-likeness (QED) is 0.386. The first-order valence-electron chi connectivity index (χ1n) is 11.7. The molecule has 6 rings (SSSR count). The minimum Gasteiger partial charge on any atom is -0.269 e. The number of benzene rings is 3. The Labute approximate surface area is 197 Å². The zero-order valence-corrected chi connectivity index (χ0v) is 19.1. The van der Waals surface area contributed by atoms with E-state index in [1.807, 2.05) is 24.6 Å². The summed E-state index contributed by atoms with van der Waals surface area (Å²) in [5.74, 6) is 0. The highest BCUT2D eigenvalue weighted by molar-refractivity contribution is 5.69. The van der Waals surface area contributed by atoms with Gasteiger partial charge >= 0.3 is 6.18 Å². The summed E-state index contributed by atoms with van der Waals surface area (Å²) in [6.45, 7) is 2.18. The molecule has 0 radical (unpaired) electrons. The maximum Gasteiger partial charge on any atom is 0.416 e. The zero-order valence-electron chi connectivity index (χ0n) is 19.1. The minimum atomic E-state index is -4.29. The number of aliphatic imine (C=N–C) groups is 1. The third-order valence-electron chi connectivity index (χ3n) is 6.88. The molecule has 0 amide bonds. The second-order valence-corrected chi connectivity index (χ2v) is 9.01. The van der Waals surface area contributed by atoms with Gasteiger partial charge in [0.05, 0.1) is 5.56 Å². The molecule has 2 aliphatic carbocycles. The van der Waals surface area contributed by atoms with Gasteiger partial charge in [0.1, 0.15) is 0 Å². The van der Waals surface area contributed by atoms with Crippen LogP contribution in [-0.2, 0) is 25.4 Å². The molecular formula is C30H26F3N. The van der Waals surface area contributed by atoms with Crippen LogP contribution in [0, 0.1) is 10.4 Å². The molecule has 3 aromatic carbocycles. The van der Waals surface area contributed by atoms with E-state index in [-0.39, 0.29) is 0 Å². The summed E-state index contributed by atoms with van der Waals surface area (Å²) in [6.07, 6.45) is 8.51. The number of fused-ring (bicyclic) bond motifs is 5. The first-order chi connectivity index (χ1) is 16.4. The van der Waals surface area contributed by atoms with Gasteiger partial charge in [-0.3, -0.25) is 4.99 Å². The van der Waals surface area contributed by atoms with Crippen LogP contribution in [0.2, 0.25) is 0 Å². The summed E-state index contributed by atoms with van der Waals surface area (Å²) in [5.41, 5.74) is 6.18. The van der Waals surface area contributed by atoms with Crippen LogP contribution in [0.5, 0.6) is 0 Å². The van der Waals surface area contributed by atoms with Crippen LogP contribution < -0.4 is 10.4 Å². The fraction of sp³-hybridized carbons (Fsp3) is 0.233. The molecular weight excluding hydrogens is 431 g/mol. The predicted octanol–water partition coefficient (Wildman–Crippen LogP) is 6.12. The fourth-order valence-electron chi connectivity index (χ4n) is 5.11. The SMILES string of the molecule is C1=Cc2ccccc2CC=N1.CC1=c2ccc3c(c2CCC1)CC=c1cc(C(F)(F)F)ccc1=3. The minimum absolute atomic E-state index is 0.571. The zero-order chi connectivity index (χ0) is 23.7. The largest absolute Gasteiger partial charge is 0.416 e. The molecule has 1 heterocycles. The summed E-state index contributed by atoms with van der Waals surface area (Å²) < 4.78 is 38.7. The Morgan fingerprint density at radius 1 is 0.824 bits per heavy atom. The van der Waals surface area contributed by atoms with Crippen LogP contribution in [0.15, 0.2) is 65.8 Å². The van der Waals surface area contributed by atoms with Crippen LogP contribution in [0.1, 0.15) is 47.6 Å². The molecule has 34 heavy (non-hydrogen) atoms. The smallest absolute Gasteiger partial charge is 0.269 e. The van der Waals surface area contributed by atoms with Gasteiger partial charge in [0.2, 0.25) is 0 Å². The summed E-state index contributed by atoms with van der Waals surface area (Å²) in [4.78, 5) is 4.08. The maximum absolute atomic E-state index is 12.9. The lowest BCUT2D eigenvalue weighted by molar-refractivity contribution is -0.137. The summed E-state index contributed by atoms with van der Waals surface area (Å²) >= 11 is 0. The van der Waals surface area contributed by atoms with Crippen molar-refractivity contribution in [2.75, 3.05) is 0 Å². The topological polar surface area (TPSA) is 12.4 Å². The normalized spacial score (nSPS) is 15.6. The first-order valence-corrected chi connectivity index (χ1v) is 11.7. The fourth-order valence-corrected chi connectivity index (χ4v) is 5.11. The molecule has 4 heteroatoms. The van der Waals surface area contributed by atoms with E-state index in [0.717, 1.165) is 42.5 Å². The van der Waals surface area contributed by atoms with Crippen molar-refractivity contribution >= 4 is 23.9 Å². The molecule has 172 valence electrons. The van der Waals surface area contributed by atoms with Crippen molar-refractivity contribution in [2.45, 2.75) is 45.2 Å². The predicted molar refractivity (Wildman–Crippen MR) is 133 cm³/mol. The molecule has 3 aliphatic rings. The molecule has 0 aromatic heterocycles. The maximum atomic E-state index is 12.9. The van der Waals surface area contributed by atoms with Crippen LogP contribution in [-0.4, -0.2) is 6.21 Å². The number of halogens is 3. The van der Waals surface area contributed by atoms with Crippen molar-refractivity contribution in [3.8, 4) is 0 Å². The van der Waals surface area contributed by atoms with Crippen molar-refractivity contribution in [1.29, 1.82) is 0 Å². The Morgan fingerprint density at radius 3 is 2.47 bits per heavy atom. The Balaban J connectivity index is 0.000000183. The van der Waals surface area contributed by atoms with E-state index in [0.29, 0.717) is 5.22 Å². The highest BCUT2D eigenvalue weighted by Gasteiger charge is 2.30. The molecule has 0 saturated carbocycles.